The number of hydrogen-bond acceptors (Lipinski definition) is 6. The number of hydrogen-bond donors (Lipinski definition) is 0. The summed E-state index contributed by atoms with van der Waals surface area (Å²) in [7, 11) is 0. The first-order valence-electron chi connectivity index (χ1n) is 5.69. The van der Waals surface area contributed by atoms with E-state index in [1.54, 1.807) is 30.6 Å². The predicted molar refractivity (Wildman–Crippen MR) is 69.0 cm³/mol. The Labute approximate surface area is 112 Å². The molecule has 0 aliphatic heterocycles. The van der Waals surface area contributed by atoms with Gasteiger partial charge in [0.15, 0.2) is 5.82 Å². The van der Waals surface area contributed by atoms with Crippen LogP contribution >= 0.6 is 0 Å². The number of pyridine rings is 1. The van der Waals surface area contributed by atoms with Gasteiger partial charge in [-0.1, -0.05) is 0 Å². The highest BCUT2D eigenvalue weighted by molar-refractivity contribution is 5.56. The molecule has 0 saturated carbocycles. The molecule has 2 heterocycles. The van der Waals surface area contributed by atoms with Crippen LogP contribution in [0, 0.1) is 10.1 Å². The Bertz CT molecular complexity index is 738. The first-order chi connectivity index (χ1) is 9.75. The highest BCUT2D eigenvalue weighted by Gasteiger charge is 2.12. The highest BCUT2D eigenvalue weighted by atomic mass is 16.6. The lowest BCUT2D eigenvalue weighted by atomic mass is 10.2. The van der Waals surface area contributed by atoms with Crippen LogP contribution in [-0.2, 0) is 0 Å². The van der Waals surface area contributed by atoms with Crippen LogP contribution in [0.25, 0.3) is 17.1 Å². The Hall–Kier alpha value is -3.16. The summed E-state index contributed by atoms with van der Waals surface area (Å²) in [6.45, 7) is 0. The summed E-state index contributed by atoms with van der Waals surface area (Å²) in [5, 5.41) is 22.1. The summed E-state index contributed by atoms with van der Waals surface area (Å²) >= 11 is 0. The van der Waals surface area contributed by atoms with Crippen molar-refractivity contribution in [2.45, 2.75) is 0 Å². The first-order valence-corrected chi connectivity index (χ1v) is 5.69. The second-order valence-electron chi connectivity index (χ2n) is 3.93. The molecule has 0 aliphatic rings. The Morgan fingerprint density at radius 1 is 1.15 bits per heavy atom. The second kappa shape index (κ2) is 4.84. The molecule has 0 radical (unpaired) electrons. The highest BCUT2D eigenvalue weighted by Crippen LogP contribution is 2.20. The molecule has 0 atom stereocenters. The topological polar surface area (TPSA) is 99.6 Å². The maximum absolute atomic E-state index is 10.6. The van der Waals surface area contributed by atoms with E-state index in [0.29, 0.717) is 11.5 Å². The first kappa shape index (κ1) is 11.9. The lowest BCUT2D eigenvalue weighted by molar-refractivity contribution is -0.384. The number of rotatable bonds is 3. The normalized spacial score (nSPS) is 10.4. The SMILES string of the molecule is O=[N+]([O-])c1ccc(-n2nnnc2-c2cccnc2)cc1. The molecule has 0 saturated heterocycles. The molecule has 0 aliphatic carbocycles. The van der Waals surface area contributed by atoms with E-state index in [2.05, 4.69) is 20.5 Å². The maximum atomic E-state index is 10.6. The molecule has 98 valence electrons. The Morgan fingerprint density at radius 3 is 2.60 bits per heavy atom. The van der Waals surface area contributed by atoms with Crippen LogP contribution in [-0.4, -0.2) is 30.1 Å². The van der Waals surface area contributed by atoms with E-state index in [0.717, 1.165) is 5.56 Å². The van der Waals surface area contributed by atoms with Gasteiger partial charge in [0.2, 0.25) is 0 Å². The van der Waals surface area contributed by atoms with Gasteiger partial charge in [-0.15, -0.1) is 5.10 Å². The Balaban J connectivity index is 2.04. The quantitative estimate of drug-likeness (QED) is 0.528. The van der Waals surface area contributed by atoms with E-state index in [1.807, 2.05) is 6.07 Å². The minimum Gasteiger partial charge on any atom is -0.264 e. The predicted octanol–water partition coefficient (Wildman–Crippen LogP) is 1.63. The lowest BCUT2D eigenvalue weighted by Crippen LogP contribution is -2.00. The average Bonchev–Trinajstić information content (AvgIpc) is 2.97. The van der Waals surface area contributed by atoms with Gasteiger partial charge in [0, 0.05) is 30.1 Å². The average molecular weight is 268 g/mol. The third-order valence-corrected chi connectivity index (χ3v) is 2.69. The molecular formula is C12H8N6O2. The van der Waals surface area contributed by atoms with Crippen molar-refractivity contribution in [1.82, 2.24) is 25.2 Å². The zero-order valence-electron chi connectivity index (χ0n) is 10.1. The van der Waals surface area contributed by atoms with Crippen molar-refractivity contribution in [2.24, 2.45) is 0 Å². The summed E-state index contributed by atoms with van der Waals surface area (Å²) in [5.74, 6) is 0.520. The molecule has 3 rings (SSSR count). The van der Waals surface area contributed by atoms with E-state index in [4.69, 9.17) is 0 Å². The Morgan fingerprint density at radius 2 is 1.95 bits per heavy atom. The number of nitro benzene ring substituents is 1. The summed E-state index contributed by atoms with van der Waals surface area (Å²) in [6, 6.07) is 9.61. The van der Waals surface area contributed by atoms with Gasteiger partial charge in [-0.25, -0.2) is 0 Å². The van der Waals surface area contributed by atoms with E-state index in [-0.39, 0.29) is 5.69 Å². The van der Waals surface area contributed by atoms with Crippen molar-refractivity contribution in [3.63, 3.8) is 0 Å². The van der Waals surface area contributed by atoms with Gasteiger partial charge in [0.1, 0.15) is 0 Å². The fourth-order valence-electron chi connectivity index (χ4n) is 1.75. The molecule has 2 aromatic heterocycles. The van der Waals surface area contributed by atoms with Crippen molar-refractivity contribution >= 4 is 5.69 Å². The third kappa shape index (κ3) is 2.09. The van der Waals surface area contributed by atoms with Crippen LogP contribution in [0.2, 0.25) is 0 Å². The van der Waals surface area contributed by atoms with E-state index in [9.17, 15) is 10.1 Å². The Kier molecular flexibility index (Phi) is 2.88. The fourth-order valence-corrected chi connectivity index (χ4v) is 1.75. The van der Waals surface area contributed by atoms with Crippen LogP contribution in [0.4, 0.5) is 5.69 Å². The minimum absolute atomic E-state index is 0.0183. The molecule has 0 bridgehead atoms. The van der Waals surface area contributed by atoms with Crippen LogP contribution < -0.4 is 0 Å². The second-order valence-corrected chi connectivity index (χ2v) is 3.93. The molecule has 0 spiro atoms. The minimum atomic E-state index is -0.453. The number of non-ortho nitro benzene ring substituents is 1. The molecular weight excluding hydrogens is 260 g/mol. The summed E-state index contributed by atoms with van der Waals surface area (Å²) in [4.78, 5) is 14.2. The monoisotopic (exact) mass is 268 g/mol. The molecule has 0 unspecified atom stereocenters. The molecule has 0 fully saturated rings. The largest absolute Gasteiger partial charge is 0.269 e. The van der Waals surface area contributed by atoms with E-state index < -0.39 is 4.92 Å². The molecule has 3 aromatic rings. The number of nitrogens with zero attached hydrogens (tertiary/aromatic N) is 6. The standard InChI is InChI=1S/C12H8N6O2/c19-18(20)11-5-3-10(4-6-11)17-12(14-15-16-17)9-2-1-7-13-8-9/h1-8H. The van der Waals surface area contributed by atoms with E-state index >= 15 is 0 Å². The summed E-state index contributed by atoms with van der Waals surface area (Å²) < 4.78 is 1.50. The van der Waals surface area contributed by atoms with Crippen LogP contribution in [0.1, 0.15) is 0 Å². The van der Waals surface area contributed by atoms with Gasteiger partial charge < -0.3 is 0 Å². The molecule has 20 heavy (non-hydrogen) atoms. The smallest absolute Gasteiger partial charge is 0.264 e. The molecule has 0 N–H and O–H groups in total. The lowest BCUT2D eigenvalue weighted by Gasteiger charge is -2.03. The van der Waals surface area contributed by atoms with Crippen molar-refractivity contribution in [1.29, 1.82) is 0 Å². The van der Waals surface area contributed by atoms with Crippen LogP contribution in [0.15, 0.2) is 48.8 Å². The van der Waals surface area contributed by atoms with Crippen molar-refractivity contribution in [2.75, 3.05) is 0 Å². The van der Waals surface area contributed by atoms with Gasteiger partial charge in [-0.2, -0.15) is 4.68 Å². The number of tetrazole rings is 1. The van der Waals surface area contributed by atoms with Gasteiger partial charge >= 0.3 is 0 Å². The molecule has 8 heteroatoms. The van der Waals surface area contributed by atoms with E-state index in [1.165, 1.54) is 16.8 Å². The van der Waals surface area contributed by atoms with Crippen molar-refractivity contribution in [3.05, 3.63) is 58.9 Å². The fraction of sp³-hybridized carbons (Fsp3) is 0. The number of nitro groups is 1. The van der Waals surface area contributed by atoms with Gasteiger partial charge in [0.25, 0.3) is 5.69 Å². The van der Waals surface area contributed by atoms with Gasteiger partial charge in [-0.3, -0.25) is 15.1 Å². The zero-order valence-corrected chi connectivity index (χ0v) is 10.1. The number of benzene rings is 1. The maximum Gasteiger partial charge on any atom is 0.269 e. The zero-order chi connectivity index (χ0) is 13.9. The van der Waals surface area contributed by atoms with Crippen molar-refractivity contribution in [3.8, 4) is 17.1 Å². The molecule has 8 nitrogen and oxygen atoms in total. The third-order valence-electron chi connectivity index (χ3n) is 2.69. The summed E-state index contributed by atoms with van der Waals surface area (Å²) in [5.41, 5.74) is 1.42. The van der Waals surface area contributed by atoms with Crippen LogP contribution in [0.5, 0.6) is 0 Å². The van der Waals surface area contributed by atoms with Crippen LogP contribution in [0.3, 0.4) is 0 Å². The van der Waals surface area contributed by atoms with Gasteiger partial charge in [-0.05, 0) is 34.7 Å². The molecule has 1 aromatic carbocycles. The van der Waals surface area contributed by atoms with Crippen molar-refractivity contribution < 1.29 is 4.92 Å². The number of aromatic nitrogens is 5. The molecule has 0 amide bonds. The summed E-state index contributed by atoms with van der Waals surface area (Å²) in [6.07, 6.45) is 3.30. The van der Waals surface area contributed by atoms with Gasteiger partial charge in [0.05, 0.1) is 10.6 Å².